The van der Waals surface area contributed by atoms with Crippen LogP contribution in [0.25, 0.3) is 0 Å². The molecule has 1 atom stereocenters. The quantitative estimate of drug-likeness (QED) is 0.624. The molecule has 1 amide bonds. The van der Waals surface area contributed by atoms with Crippen molar-refractivity contribution >= 4 is 6.41 Å². The summed E-state index contributed by atoms with van der Waals surface area (Å²) in [7, 11) is 3.45. The van der Waals surface area contributed by atoms with Crippen molar-refractivity contribution in [2.75, 3.05) is 20.8 Å². The summed E-state index contributed by atoms with van der Waals surface area (Å²) >= 11 is 0. The first-order valence-electron chi connectivity index (χ1n) is 3.93. The third kappa shape index (κ3) is 12.1. The van der Waals surface area contributed by atoms with E-state index < -0.39 is 0 Å². The summed E-state index contributed by atoms with van der Waals surface area (Å²) in [5.41, 5.74) is 4.17. The molecule has 2 N–H and O–H groups in total. The fourth-order valence-corrected chi connectivity index (χ4v) is 0.738. The highest BCUT2D eigenvalue weighted by Gasteiger charge is 2.01. The molecule has 0 aliphatic rings. The van der Waals surface area contributed by atoms with Crippen molar-refractivity contribution in [2.24, 2.45) is 5.73 Å². The summed E-state index contributed by atoms with van der Waals surface area (Å²) in [4.78, 5) is 8.58. The van der Waals surface area contributed by atoms with Crippen LogP contribution in [0.5, 0.6) is 0 Å². The van der Waals surface area contributed by atoms with Gasteiger partial charge in [0.05, 0.1) is 6.10 Å². The number of hydrogen-bond donors (Lipinski definition) is 1. The molecule has 0 aromatic heterocycles. The van der Waals surface area contributed by atoms with Gasteiger partial charge in [-0.1, -0.05) is 6.92 Å². The summed E-state index contributed by atoms with van der Waals surface area (Å²) in [6.07, 6.45) is 2.70. The summed E-state index contributed by atoms with van der Waals surface area (Å²) in [6.45, 7) is 2.91. The lowest BCUT2D eigenvalue weighted by atomic mass is 10.2. The van der Waals surface area contributed by atoms with Crippen molar-refractivity contribution in [1.29, 1.82) is 0 Å². The Morgan fingerprint density at radius 3 is 2.25 bits per heavy atom. The third-order valence-electron chi connectivity index (χ3n) is 1.43. The lowest BCUT2D eigenvalue weighted by Gasteiger charge is -2.10. The van der Waals surface area contributed by atoms with E-state index in [1.807, 2.05) is 0 Å². The molecule has 0 aliphatic carbocycles. The molecule has 4 heteroatoms. The van der Waals surface area contributed by atoms with E-state index >= 15 is 0 Å². The molecule has 0 radical (unpaired) electrons. The number of ether oxygens (including phenoxy) is 2. The fraction of sp³-hybridized carbons (Fsp3) is 0.875. The van der Waals surface area contributed by atoms with E-state index in [4.69, 9.17) is 14.3 Å². The lowest BCUT2D eigenvalue weighted by Crippen LogP contribution is -2.11. The van der Waals surface area contributed by atoms with E-state index in [-0.39, 0.29) is 6.41 Å². The Kier molecular flexibility index (Phi) is 15.1. The van der Waals surface area contributed by atoms with Crippen molar-refractivity contribution in [3.8, 4) is 0 Å². The van der Waals surface area contributed by atoms with Crippen LogP contribution in [-0.4, -0.2) is 33.3 Å². The van der Waals surface area contributed by atoms with E-state index in [0.717, 1.165) is 19.4 Å². The van der Waals surface area contributed by atoms with Crippen LogP contribution < -0.4 is 5.73 Å². The summed E-state index contributed by atoms with van der Waals surface area (Å²) < 4.78 is 10.0. The first-order chi connectivity index (χ1) is 5.76. The molecule has 0 aromatic carbocycles. The predicted octanol–water partition coefficient (Wildman–Crippen LogP) is 0.549. The predicted molar refractivity (Wildman–Crippen MR) is 47.8 cm³/mol. The largest absolute Gasteiger partial charge is 0.385 e. The highest BCUT2D eigenvalue weighted by molar-refractivity contribution is 5.42. The molecule has 0 rings (SSSR count). The number of carbonyl (C=O) groups excluding carboxylic acids is 1. The molecule has 0 saturated carbocycles. The van der Waals surface area contributed by atoms with E-state index in [1.165, 1.54) is 0 Å². The lowest BCUT2D eigenvalue weighted by molar-refractivity contribution is -0.106. The average molecular weight is 177 g/mol. The molecule has 0 aromatic rings. The molecule has 0 heterocycles. The molecule has 4 nitrogen and oxygen atoms in total. The number of hydrogen-bond acceptors (Lipinski definition) is 3. The zero-order chi connectivity index (χ0) is 9.82. The summed E-state index contributed by atoms with van der Waals surface area (Å²) in [6, 6.07) is 0. The van der Waals surface area contributed by atoms with E-state index in [9.17, 15) is 0 Å². The Hall–Kier alpha value is -0.610. The second-order valence-corrected chi connectivity index (χ2v) is 2.18. The van der Waals surface area contributed by atoms with Gasteiger partial charge in [-0.3, -0.25) is 4.79 Å². The second kappa shape index (κ2) is 13.0. The van der Waals surface area contributed by atoms with Crippen LogP contribution in [0.3, 0.4) is 0 Å². The van der Waals surface area contributed by atoms with Gasteiger partial charge < -0.3 is 15.2 Å². The van der Waals surface area contributed by atoms with Gasteiger partial charge in [0, 0.05) is 20.8 Å². The monoisotopic (exact) mass is 177 g/mol. The van der Waals surface area contributed by atoms with Gasteiger partial charge in [-0.2, -0.15) is 0 Å². The maximum absolute atomic E-state index is 8.58. The Morgan fingerprint density at radius 2 is 2.00 bits per heavy atom. The Labute approximate surface area is 74.0 Å². The third-order valence-corrected chi connectivity index (χ3v) is 1.43. The van der Waals surface area contributed by atoms with Crippen molar-refractivity contribution in [3.05, 3.63) is 0 Å². The number of carbonyl (C=O) groups is 1. The van der Waals surface area contributed by atoms with Gasteiger partial charge in [0.1, 0.15) is 0 Å². The minimum Gasteiger partial charge on any atom is -0.385 e. The number of amides is 1. The molecular weight excluding hydrogens is 158 g/mol. The highest BCUT2D eigenvalue weighted by Crippen LogP contribution is 2.00. The van der Waals surface area contributed by atoms with E-state index in [1.54, 1.807) is 14.2 Å². The normalized spacial score (nSPS) is 11.2. The second-order valence-electron chi connectivity index (χ2n) is 2.18. The van der Waals surface area contributed by atoms with Crippen LogP contribution in [0.1, 0.15) is 19.8 Å². The highest BCUT2D eigenvalue weighted by atomic mass is 16.5. The first kappa shape index (κ1) is 13.9. The van der Waals surface area contributed by atoms with Crippen molar-refractivity contribution in [2.45, 2.75) is 25.9 Å². The van der Waals surface area contributed by atoms with Crippen LogP contribution in [0.15, 0.2) is 0 Å². The van der Waals surface area contributed by atoms with Gasteiger partial charge in [0.25, 0.3) is 0 Å². The number of methoxy groups -OCH3 is 2. The smallest absolute Gasteiger partial charge is 0.204 e. The van der Waals surface area contributed by atoms with Crippen LogP contribution in [-0.2, 0) is 14.3 Å². The molecule has 0 aliphatic heterocycles. The molecule has 1 unspecified atom stereocenters. The standard InChI is InChI=1S/C7H16O2.CH3NO/c1-4-7(9-3)5-6-8-2;2-1-3/h7H,4-6H2,1-3H3;1H,(H2,2,3). The summed E-state index contributed by atoms with van der Waals surface area (Å²) in [5, 5.41) is 0. The molecule has 0 bridgehead atoms. The van der Waals surface area contributed by atoms with Gasteiger partial charge in [-0.15, -0.1) is 0 Å². The van der Waals surface area contributed by atoms with Gasteiger partial charge in [0.15, 0.2) is 0 Å². The molecular formula is C8H19NO3. The molecule has 0 fully saturated rings. The van der Waals surface area contributed by atoms with Crippen molar-refractivity contribution < 1.29 is 14.3 Å². The number of rotatable bonds is 5. The maximum atomic E-state index is 8.58. The number of primary amides is 1. The summed E-state index contributed by atoms with van der Waals surface area (Å²) in [5.74, 6) is 0. The average Bonchev–Trinajstić information content (AvgIpc) is 2.08. The maximum Gasteiger partial charge on any atom is 0.204 e. The van der Waals surface area contributed by atoms with Crippen LogP contribution in [0.2, 0.25) is 0 Å². The van der Waals surface area contributed by atoms with Crippen LogP contribution in [0.4, 0.5) is 0 Å². The Balaban J connectivity index is 0. The SMILES string of the molecule is CCC(CCOC)OC.NC=O. The van der Waals surface area contributed by atoms with Gasteiger partial charge in [0.2, 0.25) is 6.41 Å². The minimum absolute atomic E-state index is 0.250. The number of nitrogens with two attached hydrogens (primary N) is 1. The molecule has 0 spiro atoms. The van der Waals surface area contributed by atoms with E-state index in [0.29, 0.717) is 6.10 Å². The van der Waals surface area contributed by atoms with Crippen molar-refractivity contribution in [1.82, 2.24) is 0 Å². The zero-order valence-electron chi connectivity index (χ0n) is 8.08. The van der Waals surface area contributed by atoms with Gasteiger partial charge in [-0.05, 0) is 12.8 Å². The van der Waals surface area contributed by atoms with Crippen LogP contribution >= 0.6 is 0 Å². The van der Waals surface area contributed by atoms with Gasteiger partial charge >= 0.3 is 0 Å². The van der Waals surface area contributed by atoms with Crippen LogP contribution in [0, 0.1) is 0 Å². The zero-order valence-corrected chi connectivity index (χ0v) is 8.08. The minimum atomic E-state index is 0.250. The molecule has 12 heavy (non-hydrogen) atoms. The Bertz CT molecular complexity index is 84.4. The topological polar surface area (TPSA) is 61.6 Å². The first-order valence-corrected chi connectivity index (χ1v) is 3.93. The van der Waals surface area contributed by atoms with Gasteiger partial charge in [-0.25, -0.2) is 0 Å². The Morgan fingerprint density at radius 1 is 1.50 bits per heavy atom. The van der Waals surface area contributed by atoms with Crippen molar-refractivity contribution in [3.63, 3.8) is 0 Å². The molecule has 74 valence electrons. The molecule has 0 saturated heterocycles. The fourth-order valence-electron chi connectivity index (χ4n) is 0.738. The van der Waals surface area contributed by atoms with E-state index in [2.05, 4.69) is 12.7 Å².